The van der Waals surface area contributed by atoms with Gasteiger partial charge in [0, 0.05) is 37.2 Å². The van der Waals surface area contributed by atoms with E-state index in [1.165, 1.54) is 54.2 Å². The van der Waals surface area contributed by atoms with Crippen LogP contribution >= 0.6 is 11.3 Å². The summed E-state index contributed by atoms with van der Waals surface area (Å²) in [5, 5.41) is 3.93. The maximum absolute atomic E-state index is 13.3. The zero-order valence-electron chi connectivity index (χ0n) is 30.0. The average molecular weight is 871 g/mol. The first-order valence-corrected chi connectivity index (χ1v) is 21.3. The number of aryl methyl sites for hydroxylation is 1. The van der Waals surface area contributed by atoms with E-state index in [9.17, 15) is 4.39 Å². The van der Waals surface area contributed by atoms with Crippen molar-refractivity contribution in [3.8, 4) is 33.6 Å². The number of hydrogen-bond donors (Lipinski definition) is 0. The predicted octanol–water partition coefficient (Wildman–Crippen LogP) is 12.4. The van der Waals surface area contributed by atoms with Gasteiger partial charge < -0.3 is 9.97 Å². The normalized spacial score (nSPS) is 11.5. The van der Waals surface area contributed by atoms with Crippen molar-refractivity contribution in [2.24, 2.45) is 0 Å². The number of thiophene rings is 1. The fraction of sp³-hybridized carbons (Fsp3) is 0.227. The van der Waals surface area contributed by atoms with Gasteiger partial charge in [0.25, 0.3) is 0 Å². The van der Waals surface area contributed by atoms with E-state index in [4.69, 9.17) is 4.98 Å². The molecule has 0 saturated carbocycles. The summed E-state index contributed by atoms with van der Waals surface area (Å²) < 4.78 is 15.7. The molecule has 0 saturated heterocycles. The quantitative estimate of drug-likeness (QED) is 0.123. The Balaban J connectivity index is 0.000000211. The monoisotopic (exact) mass is 871 g/mol. The summed E-state index contributed by atoms with van der Waals surface area (Å²) in [4.78, 5) is 9.39. The van der Waals surface area contributed by atoms with E-state index in [0.29, 0.717) is 11.8 Å². The van der Waals surface area contributed by atoms with Crippen molar-refractivity contribution in [3.63, 3.8) is 0 Å². The van der Waals surface area contributed by atoms with E-state index in [0.717, 1.165) is 33.6 Å². The number of halogens is 1. The SMILES string of the molecule is CC(C)c1cc(-c2[c-]cccc2)ncc1[Si](C)(C)C.Cc1cnc(-c2[c-]ccc3c2sc2cc(-c4ccc(F)cc4)ccc23)cc1C(C)C.[Ir]. The molecule has 50 heavy (non-hydrogen) atoms. The Morgan fingerprint density at radius 3 is 2.04 bits per heavy atom. The summed E-state index contributed by atoms with van der Waals surface area (Å²) >= 11 is 1.77. The topological polar surface area (TPSA) is 25.8 Å². The molecule has 0 aliphatic heterocycles. The van der Waals surface area contributed by atoms with Crippen LogP contribution in [0.4, 0.5) is 4.39 Å². The van der Waals surface area contributed by atoms with Crippen LogP contribution in [0.2, 0.25) is 19.6 Å². The van der Waals surface area contributed by atoms with Crippen molar-refractivity contribution < 1.29 is 24.5 Å². The molecule has 6 heteroatoms. The van der Waals surface area contributed by atoms with Gasteiger partial charge in [-0.2, -0.15) is 11.3 Å². The first-order valence-electron chi connectivity index (χ1n) is 17.0. The molecule has 2 nitrogen and oxygen atoms in total. The number of fused-ring (bicyclic) bond motifs is 3. The van der Waals surface area contributed by atoms with Crippen LogP contribution in [0.5, 0.6) is 0 Å². The second kappa shape index (κ2) is 15.6. The molecule has 0 aliphatic carbocycles. The number of rotatable bonds is 6. The van der Waals surface area contributed by atoms with Gasteiger partial charge in [0.05, 0.1) is 8.07 Å². The fourth-order valence-corrected chi connectivity index (χ4v) is 9.25. The molecule has 3 aromatic heterocycles. The predicted molar refractivity (Wildman–Crippen MR) is 211 cm³/mol. The van der Waals surface area contributed by atoms with E-state index in [1.807, 2.05) is 42.6 Å². The maximum Gasteiger partial charge on any atom is 0.123 e. The first-order chi connectivity index (χ1) is 23.4. The zero-order chi connectivity index (χ0) is 34.9. The minimum absolute atomic E-state index is 0. The fourth-order valence-electron chi connectivity index (χ4n) is 6.33. The van der Waals surface area contributed by atoms with E-state index in [2.05, 4.69) is 120 Å². The van der Waals surface area contributed by atoms with Crippen LogP contribution in [0.15, 0.2) is 103 Å². The Hall–Kier alpha value is -3.80. The van der Waals surface area contributed by atoms with Crippen molar-refractivity contribution in [1.82, 2.24) is 9.97 Å². The van der Waals surface area contributed by atoms with Crippen molar-refractivity contribution in [2.45, 2.75) is 66.1 Å². The Morgan fingerprint density at radius 2 is 1.38 bits per heavy atom. The van der Waals surface area contributed by atoms with Crippen LogP contribution in [0, 0.1) is 24.9 Å². The van der Waals surface area contributed by atoms with Crippen molar-refractivity contribution in [1.29, 1.82) is 0 Å². The third kappa shape index (κ3) is 8.05. The summed E-state index contributed by atoms with van der Waals surface area (Å²) in [6.07, 6.45) is 4.06. The summed E-state index contributed by atoms with van der Waals surface area (Å²) in [5.41, 5.74) is 10.2. The van der Waals surface area contributed by atoms with Gasteiger partial charge in [-0.3, -0.25) is 0 Å². The van der Waals surface area contributed by atoms with Gasteiger partial charge >= 0.3 is 0 Å². The minimum atomic E-state index is -1.34. The zero-order valence-corrected chi connectivity index (χ0v) is 34.2. The van der Waals surface area contributed by atoms with E-state index in [-0.39, 0.29) is 25.9 Å². The molecule has 3 heterocycles. The summed E-state index contributed by atoms with van der Waals surface area (Å²) in [6.45, 7) is 18.2. The van der Waals surface area contributed by atoms with Gasteiger partial charge in [0.1, 0.15) is 5.82 Å². The molecule has 7 rings (SSSR count). The van der Waals surface area contributed by atoms with Gasteiger partial charge in [-0.15, -0.1) is 59.7 Å². The van der Waals surface area contributed by atoms with E-state index in [1.54, 1.807) is 11.3 Å². The van der Waals surface area contributed by atoms with Crippen LogP contribution in [-0.4, -0.2) is 18.0 Å². The summed E-state index contributed by atoms with van der Waals surface area (Å²) in [6, 6.07) is 36.5. The first kappa shape index (κ1) is 37.5. The summed E-state index contributed by atoms with van der Waals surface area (Å²) in [5.74, 6) is 0.770. The maximum atomic E-state index is 13.3. The Kier molecular flexibility index (Phi) is 11.7. The molecule has 0 bridgehead atoms. The van der Waals surface area contributed by atoms with Gasteiger partial charge in [-0.25, -0.2) is 4.39 Å². The molecule has 0 unspecified atom stereocenters. The molecule has 257 valence electrons. The molecular formula is C44H43FIrN2SSi-2. The molecular weight excluding hydrogens is 828 g/mol. The molecule has 0 fully saturated rings. The van der Waals surface area contributed by atoms with Crippen LogP contribution in [0.25, 0.3) is 53.8 Å². The largest absolute Gasteiger partial charge is 0.305 e. The Labute approximate surface area is 315 Å². The second-order valence-electron chi connectivity index (χ2n) is 14.3. The third-order valence-electron chi connectivity index (χ3n) is 8.98. The van der Waals surface area contributed by atoms with Crippen molar-refractivity contribution >= 4 is 44.8 Å². The molecule has 0 N–H and O–H groups in total. The number of hydrogen-bond acceptors (Lipinski definition) is 3. The number of aromatic nitrogens is 2. The Morgan fingerprint density at radius 1 is 0.700 bits per heavy atom. The molecule has 4 aromatic carbocycles. The van der Waals surface area contributed by atoms with Crippen LogP contribution in [0.3, 0.4) is 0 Å². The van der Waals surface area contributed by atoms with Crippen molar-refractivity contribution in [2.75, 3.05) is 0 Å². The third-order valence-corrected chi connectivity index (χ3v) is 12.2. The standard InChI is InChI=1S/C27H21FNS.C17H22NSi.Ir/c1-16(2)24-14-25(29-15-17(24)3)23-6-4-5-22-21-12-9-19(13-26(21)30-27(22)23)18-7-10-20(28)11-8-18;1-13(2)15-11-16(14-9-7-6-8-10-14)18-12-17(15)19(3,4)5;/h4-5,7-16H,1-3H3;6-9,11-13H,1-5H3;/q2*-1;. The van der Waals surface area contributed by atoms with Crippen LogP contribution in [-0.2, 0) is 20.1 Å². The summed E-state index contributed by atoms with van der Waals surface area (Å²) in [7, 11) is -1.34. The van der Waals surface area contributed by atoms with Crippen molar-refractivity contribution in [3.05, 3.63) is 138 Å². The van der Waals surface area contributed by atoms with Crippen LogP contribution in [0.1, 0.15) is 56.2 Å². The smallest absolute Gasteiger partial charge is 0.123 e. The number of pyridine rings is 2. The molecule has 0 amide bonds. The average Bonchev–Trinajstić information content (AvgIpc) is 3.47. The second-order valence-corrected chi connectivity index (χ2v) is 20.4. The van der Waals surface area contributed by atoms with Gasteiger partial charge in [0.2, 0.25) is 0 Å². The molecule has 0 atom stereocenters. The van der Waals surface area contributed by atoms with E-state index >= 15 is 0 Å². The van der Waals surface area contributed by atoms with Gasteiger partial charge in [-0.05, 0) is 85.9 Å². The molecule has 7 aromatic rings. The van der Waals surface area contributed by atoms with Crippen LogP contribution < -0.4 is 5.19 Å². The molecule has 0 spiro atoms. The van der Waals surface area contributed by atoms with Gasteiger partial charge in [-0.1, -0.05) is 94.7 Å². The molecule has 0 aliphatic rings. The molecule has 1 radical (unpaired) electrons. The number of benzene rings is 4. The Bertz CT molecular complexity index is 2240. The number of nitrogens with zero attached hydrogens (tertiary/aromatic N) is 2. The van der Waals surface area contributed by atoms with E-state index < -0.39 is 8.07 Å². The van der Waals surface area contributed by atoms with Gasteiger partial charge in [0.15, 0.2) is 0 Å². The minimum Gasteiger partial charge on any atom is -0.305 e.